The Morgan fingerprint density at radius 1 is 1.17 bits per heavy atom. The Balaban J connectivity index is 2.33. The Kier molecular flexibility index (Phi) is 3.41. The van der Waals surface area contributed by atoms with E-state index in [1.165, 1.54) is 12.1 Å². The molecule has 94 valence electrons. The number of ether oxygens (including phenoxy) is 1. The van der Waals surface area contributed by atoms with Crippen LogP contribution in [0.4, 0.5) is 10.3 Å². The van der Waals surface area contributed by atoms with Crippen LogP contribution in [0.2, 0.25) is 0 Å². The van der Waals surface area contributed by atoms with Crippen molar-refractivity contribution in [3.8, 4) is 11.6 Å². The van der Waals surface area contributed by atoms with E-state index in [0.29, 0.717) is 17.6 Å². The zero-order valence-electron chi connectivity index (χ0n) is 10.5. The van der Waals surface area contributed by atoms with Gasteiger partial charge in [-0.1, -0.05) is 6.07 Å². The van der Waals surface area contributed by atoms with Crippen molar-refractivity contribution in [3.05, 3.63) is 41.3 Å². The van der Waals surface area contributed by atoms with Crippen molar-refractivity contribution in [1.82, 2.24) is 9.97 Å². The van der Waals surface area contributed by atoms with Crippen LogP contribution in [0.25, 0.3) is 0 Å². The quantitative estimate of drug-likeness (QED) is 0.905. The predicted octanol–water partition coefficient (Wildman–Crippen LogP) is 3.07. The second kappa shape index (κ2) is 5.00. The highest BCUT2D eigenvalue weighted by Gasteiger charge is 2.06. The number of halogens is 1. The molecule has 2 aromatic rings. The molecule has 0 aliphatic heterocycles. The second-order valence-corrected chi connectivity index (χ2v) is 3.93. The summed E-state index contributed by atoms with van der Waals surface area (Å²) in [6, 6.07) is 6.10. The molecule has 0 radical (unpaired) electrons. The molecule has 0 atom stereocenters. The summed E-state index contributed by atoms with van der Waals surface area (Å²) in [5.41, 5.74) is 1.62. The van der Waals surface area contributed by atoms with Gasteiger partial charge in [0.05, 0.1) is 0 Å². The molecule has 0 saturated heterocycles. The number of nitrogens with zero attached hydrogens (tertiary/aromatic N) is 2. The Hall–Kier alpha value is -2.17. The number of hydrogen-bond acceptors (Lipinski definition) is 4. The lowest BCUT2D eigenvalue weighted by molar-refractivity contribution is 0.453. The van der Waals surface area contributed by atoms with Crippen molar-refractivity contribution in [2.45, 2.75) is 13.8 Å². The lowest BCUT2D eigenvalue weighted by Crippen LogP contribution is -2.00. The monoisotopic (exact) mass is 247 g/mol. The Labute approximate surface area is 105 Å². The summed E-state index contributed by atoms with van der Waals surface area (Å²) in [6.07, 6.45) is 0. The van der Waals surface area contributed by atoms with Gasteiger partial charge in [0, 0.05) is 24.9 Å². The lowest BCUT2D eigenvalue weighted by atomic mass is 10.2. The first-order valence-electron chi connectivity index (χ1n) is 5.56. The van der Waals surface area contributed by atoms with Gasteiger partial charge < -0.3 is 10.1 Å². The van der Waals surface area contributed by atoms with Gasteiger partial charge in [0.2, 0.25) is 11.8 Å². The molecule has 1 aromatic heterocycles. The summed E-state index contributed by atoms with van der Waals surface area (Å²) < 4.78 is 18.7. The first-order valence-corrected chi connectivity index (χ1v) is 5.56. The fourth-order valence-electron chi connectivity index (χ4n) is 1.50. The molecule has 4 nitrogen and oxygen atoms in total. The summed E-state index contributed by atoms with van der Waals surface area (Å²) in [7, 11) is 1.73. The number of anilines is 1. The van der Waals surface area contributed by atoms with Gasteiger partial charge in [-0.3, -0.25) is 0 Å². The maximum atomic E-state index is 13.1. The highest BCUT2D eigenvalue weighted by atomic mass is 19.1. The fourth-order valence-corrected chi connectivity index (χ4v) is 1.50. The third-order valence-corrected chi connectivity index (χ3v) is 2.42. The second-order valence-electron chi connectivity index (χ2n) is 3.93. The average Bonchev–Trinajstić information content (AvgIpc) is 2.33. The van der Waals surface area contributed by atoms with Crippen molar-refractivity contribution in [3.63, 3.8) is 0 Å². The van der Waals surface area contributed by atoms with Gasteiger partial charge in [-0.15, -0.1) is 0 Å². The maximum absolute atomic E-state index is 13.1. The number of aryl methyl sites for hydroxylation is 2. The van der Waals surface area contributed by atoms with E-state index in [4.69, 9.17) is 4.74 Å². The number of nitrogens with one attached hydrogen (secondary N) is 1. The molecule has 18 heavy (non-hydrogen) atoms. The van der Waals surface area contributed by atoms with Crippen molar-refractivity contribution in [2.75, 3.05) is 12.4 Å². The van der Waals surface area contributed by atoms with Crippen molar-refractivity contribution in [1.29, 1.82) is 0 Å². The van der Waals surface area contributed by atoms with Gasteiger partial charge >= 0.3 is 0 Å². The maximum Gasteiger partial charge on any atom is 0.225 e. The van der Waals surface area contributed by atoms with E-state index in [2.05, 4.69) is 15.3 Å². The van der Waals surface area contributed by atoms with Gasteiger partial charge in [0.25, 0.3) is 0 Å². The molecule has 0 spiro atoms. The van der Waals surface area contributed by atoms with Crippen LogP contribution in [0.3, 0.4) is 0 Å². The van der Waals surface area contributed by atoms with Crippen LogP contribution in [0.5, 0.6) is 11.6 Å². The van der Waals surface area contributed by atoms with Gasteiger partial charge in [-0.2, -0.15) is 4.98 Å². The van der Waals surface area contributed by atoms with E-state index in [-0.39, 0.29) is 5.82 Å². The standard InChI is InChI=1S/C13H14FN3O/c1-8-4-5-10(14)7-11(8)18-12-6-9(2)16-13(15-3)17-12/h4-7H,1-3H3,(H,15,16,17). The Morgan fingerprint density at radius 3 is 2.67 bits per heavy atom. The van der Waals surface area contributed by atoms with Crippen LogP contribution in [0.15, 0.2) is 24.3 Å². The molecule has 1 aromatic carbocycles. The van der Waals surface area contributed by atoms with Crippen molar-refractivity contribution < 1.29 is 9.13 Å². The smallest absolute Gasteiger partial charge is 0.225 e. The van der Waals surface area contributed by atoms with E-state index in [9.17, 15) is 4.39 Å². The van der Waals surface area contributed by atoms with Gasteiger partial charge in [0.1, 0.15) is 11.6 Å². The summed E-state index contributed by atoms with van der Waals surface area (Å²) in [6.45, 7) is 3.69. The summed E-state index contributed by atoms with van der Waals surface area (Å²) in [4.78, 5) is 8.31. The predicted molar refractivity (Wildman–Crippen MR) is 67.5 cm³/mol. The molecule has 0 saturated carbocycles. The molecular weight excluding hydrogens is 233 g/mol. The van der Waals surface area contributed by atoms with Crippen molar-refractivity contribution >= 4 is 5.95 Å². The van der Waals surface area contributed by atoms with Gasteiger partial charge in [-0.25, -0.2) is 9.37 Å². The zero-order chi connectivity index (χ0) is 13.1. The molecular formula is C13H14FN3O. The third-order valence-electron chi connectivity index (χ3n) is 2.42. The largest absolute Gasteiger partial charge is 0.438 e. The van der Waals surface area contributed by atoms with Crippen LogP contribution in [0, 0.1) is 19.7 Å². The van der Waals surface area contributed by atoms with Crippen LogP contribution >= 0.6 is 0 Å². The van der Waals surface area contributed by atoms with E-state index in [0.717, 1.165) is 11.3 Å². The van der Waals surface area contributed by atoms with E-state index < -0.39 is 0 Å². The first kappa shape index (κ1) is 12.3. The number of rotatable bonds is 3. The normalized spacial score (nSPS) is 10.2. The van der Waals surface area contributed by atoms with Gasteiger partial charge in [-0.05, 0) is 25.5 Å². The number of aromatic nitrogens is 2. The van der Waals surface area contributed by atoms with Crippen LogP contribution in [0.1, 0.15) is 11.3 Å². The topological polar surface area (TPSA) is 47.0 Å². The van der Waals surface area contributed by atoms with Crippen LogP contribution < -0.4 is 10.1 Å². The fraction of sp³-hybridized carbons (Fsp3) is 0.231. The van der Waals surface area contributed by atoms with E-state index in [1.807, 2.05) is 13.8 Å². The molecule has 2 rings (SSSR count). The molecule has 1 N–H and O–H groups in total. The van der Waals surface area contributed by atoms with Crippen molar-refractivity contribution in [2.24, 2.45) is 0 Å². The molecule has 0 unspecified atom stereocenters. The molecule has 0 amide bonds. The van der Waals surface area contributed by atoms with E-state index >= 15 is 0 Å². The molecule has 0 fully saturated rings. The molecule has 0 aliphatic rings. The highest BCUT2D eigenvalue weighted by molar-refractivity contribution is 5.37. The zero-order valence-corrected chi connectivity index (χ0v) is 10.5. The SMILES string of the molecule is CNc1nc(C)cc(Oc2cc(F)ccc2C)n1. The molecule has 0 bridgehead atoms. The summed E-state index contributed by atoms with van der Waals surface area (Å²) >= 11 is 0. The molecule has 0 aliphatic carbocycles. The Bertz CT molecular complexity index is 572. The third kappa shape index (κ3) is 2.74. The minimum Gasteiger partial charge on any atom is -0.438 e. The lowest BCUT2D eigenvalue weighted by Gasteiger charge is -2.09. The number of benzene rings is 1. The highest BCUT2D eigenvalue weighted by Crippen LogP contribution is 2.25. The minimum absolute atomic E-state index is 0.338. The minimum atomic E-state index is -0.338. The van der Waals surface area contributed by atoms with Crippen LogP contribution in [-0.2, 0) is 0 Å². The van der Waals surface area contributed by atoms with Crippen LogP contribution in [-0.4, -0.2) is 17.0 Å². The van der Waals surface area contributed by atoms with Gasteiger partial charge in [0.15, 0.2) is 0 Å². The summed E-state index contributed by atoms with van der Waals surface area (Å²) in [5, 5.41) is 2.84. The Morgan fingerprint density at radius 2 is 1.94 bits per heavy atom. The first-order chi connectivity index (χ1) is 8.58. The summed E-state index contributed by atoms with van der Waals surface area (Å²) in [5.74, 6) is 0.977. The average molecular weight is 247 g/mol. The molecule has 5 heteroatoms. The molecule has 1 heterocycles. The number of hydrogen-bond donors (Lipinski definition) is 1. The van der Waals surface area contributed by atoms with E-state index in [1.54, 1.807) is 19.2 Å².